The first kappa shape index (κ1) is 16.0. The van der Waals surface area contributed by atoms with Gasteiger partial charge in [0.25, 0.3) is 0 Å². The van der Waals surface area contributed by atoms with Crippen molar-refractivity contribution in [2.75, 3.05) is 26.2 Å². The van der Waals surface area contributed by atoms with Gasteiger partial charge >= 0.3 is 0 Å². The second kappa shape index (κ2) is 8.92. The van der Waals surface area contributed by atoms with Gasteiger partial charge in [-0.15, -0.1) is 0 Å². The average molecular weight is 254 g/mol. The SMILES string of the molecule is CCNC(CCN(CC)CC)C1CCCC(C)C1. The van der Waals surface area contributed by atoms with Gasteiger partial charge in [-0.1, -0.05) is 40.5 Å². The predicted octanol–water partition coefficient (Wildman–Crippen LogP) is 3.52. The van der Waals surface area contributed by atoms with E-state index in [2.05, 4.69) is 37.9 Å². The smallest absolute Gasteiger partial charge is 0.0107 e. The molecule has 0 aromatic heterocycles. The molecule has 2 heteroatoms. The van der Waals surface area contributed by atoms with E-state index < -0.39 is 0 Å². The molecule has 3 atom stereocenters. The summed E-state index contributed by atoms with van der Waals surface area (Å²) in [5.74, 6) is 1.86. The van der Waals surface area contributed by atoms with Gasteiger partial charge in [-0.25, -0.2) is 0 Å². The zero-order chi connectivity index (χ0) is 13.4. The van der Waals surface area contributed by atoms with Crippen molar-refractivity contribution in [2.45, 2.75) is 65.8 Å². The summed E-state index contributed by atoms with van der Waals surface area (Å²) in [5, 5.41) is 3.75. The van der Waals surface area contributed by atoms with E-state index in [1.54, 1.807) is 0 Å². The lowest BCUT2D eigenvalue weighted by molar-refractivity contribution is 0.195. The van der Waals surface area contributed by atoms with Crippen LogP contribution in [-0.2, 0) is 0 Å². The van der Waals surface area contributed by atoms with Crippen LogP contribution in [0.15, 0.2) is 0 Å². The van der Waals surface area contributed by atoms with Crippen LogP contribution in [0.3, 0.4) is 0 Å². The van der Waals surface area contributed by atoms with Gasteiger partial charge in [-0.3, -0.25) is 0 Å². The van der Waals surface area contributed by atoms with Crippen molar-refractivity contribution in [3.05, 3.63) is 0 Å². The molecule has 0 aliphatic heterocycles. The number of nitrogens with one attached hydrogen (secondary N) is 1. The molecule has 3 unspecified atom stereocenters. The van der Waals surface area contributed by atoms with Gasteiger partial charge in [-0.2, -0.15) is 0 Å². The molecule has 0 aromatic rings. The quantitative estimate of drug-likeness (QED) is 0.713. The Morgan fingerprint density at radius 2 is 1.89 bits per heavy atom. The van der Waals surface area contributed by atoms with Crippen LogP contribution in [0.25, 0.3) is 0 Å². The molecule has 1 aliphatic rings. The summed E-state index contributed by atoms with van der Waals surface area (Å²) in [6, 6.07) is 0.748. The third-order valence-electron chi connectivity index (χ3n) is 4.66. The monoisotopic (exact) mass is 254 g/mol. The molecule has 1 aliphatic carbocycles. The molecule has 108 valence electrons. The largest absolute Gasteiger partial charge is 0.314 e. The lowest BCUT2D eigenvalue weighted by Crippen LogP contribution is -2.41. The number of hydrogen-bond donors (Lipinski definition) is 1. The summed E-state index contributed by atoms with van der Waals surface area (Å²) in [4.78, 5) is 2.55. The van der Waals surface area contributed by atoms with Crippen LogP contribution in [0.2, 0.25) is 0 Å². The van der Waals surface area contributed by atoms with E-state index in [4.69, 9.17) is 0 Å². The maximum absolute atomic E-state index is 3.75. The Kier molecular flexibility index (Phi) is 7.92. The topological polar surface area (TPSA) is 15.3 Å². The molecule has 0 heterocycles. The summed E-state index contributed by atoms with van der Waals surface area (Å²) in [7, 11) is 0. The summed E-state index contributed by atoms with van der Waals surface area (Å²) in [5.41, 5.74) is 0. The highest BCUT2D eigenvalue weighted by molar-refractivity contribution is 4.82. The Bertz CT molecular complexity index is 201. The maximum atomic E-state index is 3.75. The molecular weight excluding hydrogens is 220 g/mol. The first-order valence-electron chi connectivity index (χ1n) is 8.16. The van der Waals surface area contributed by atoms with Crippen LogP contribution >= 0.6 is 0 Å². The van der Waals surface area contributed by atoms with E-state index in [0.29, 0.717) is 0 Å². The molecule has 1 rings (SSSR count). The fourth-order valence-electron chi connectivity index (χ4n) is 3.47. The van der Waals surface area contributed by atoms with Crippen molar-refractivity contribution in [1.82, 2.24) is 10.2 Å². The third kappa shape index (κ3) is 5.27. The first-order chi connectivity index (χ1) is 8.71. The van der Waals surface area contributed by atoms with E-state index in [1.807, 2.05) is 0 Å². The predicted molar refractivity (Wildman–Crippen MR) is 81.0 cm³/mol. The Balaban J connectivity index is 2.42. The van der Waals surface area contributed by atoms with Crippen LogP contribution in [-0.4, -0.2) is 37.1 Å². The zero-order valence-electron chi connectivity index (χ0n) is 13.0. The van der Waals surface area contributed by atoms with Crippen molar-refractivity contribution in [3.8, 4) is 0 Å². The summed E-state index contributed by atoms with van der Waals surface area (Å²) in [6.07, 6.45) is 7.10. The highest BCUT2D eigenvalue weighted by Gasteiger charge is 2.26. The summed E-state index contributed by atoms with van der Waals surface area (Å²) >= 11 is 0. The highest BCUT2D eigenvalue weighted by atomic mass is 15.1. The maximum Gasteiger partial charge on any atom is 0.0107 e. The first-order valence-corrected chi connectivity index (χ1v) is 8.16. The minimum atomic E-state index is 0.748. The molecule has 0 spiro atoms. The minimum Gasteiger partial charge on any atom is -0.314 e. The van der Waals surface area contributed by atoms with Gasteiger partial charge in [0.15, 0.2) is 0 Å². The second-order valence-electron chi connectivity index (χ2n) is 6.01. The van der Waals surface area contributed by atoms with Crippen LogP contribution in [0.4, 0.5) is 0 Å². The number of rotatable bonds is 8. The molecule has 2 nitrogen and oxygen atoms in total. The third-order valence-corrected chi connectivity index (χ3v) is 4.66. The normalized spacial score (nSPS) is 26.5. The van der Waals surface area contributed by atoms with Gasteiger partial charge < -0.3 is 10.2 Å². The Labute approximate surface area is 115 Å². The standard InChI is InChI=1S/C16H34N2/c1-5-17-16(11-12-18(6-2)7-3)15-10-8-9-14(4)13-15/h14-17H,5-13H2,1-4H3. The minimum absolute atomic E-state index is 0.748. The Hall–Kier alpha value is -0.0800. The number of nitrogens with zero attached hydrogens (tertiary/aromatic N) is 1. The zero-order valence-corrected chi connectivity index (χ0v) is 13.0. The Morgan fingerprint density at radius 3 is 2.44 bits per heavy atom. The molecule has 1 saturated carbocycles. The average Bonchev–Trinajstić information content (AvgIpc) is 2.38. The van der Waals surface area contributed by atoms with Gasteiger partial charge in [0, 0.05) is 6.04 Å². The Morgan fingerprint density at radius 1 is 1.17 bits per heavy atom. The summed E-state index contributed by atoms with van der Waals surface area (Å²) < 4.78 is 0. The van der Waals surface area contributed by atoms with Gasteiger partial charge in [0.1, 0.15) is 0 Å². The lowest BCUT2D eigenvalue weighted by atomic mass is 9.77. The van der Waals surface area contributed by atoms with Crippen molar-refractivity contribution < 1.29 is 0 Å². The molecule has 1 fully saturated rings. The van der Waals surface area contributed by atoms with Crippen LogP contribution in [0.5, 0.6) is 0 Å². The lowest BCUT2D eigenvalue weighted by Gasteiger charge is -2.35. The fourth-order valence-corrected chi connectivity index (χ4v) is 3.47. The molecule has 0 amide bonds. The van der Waals surface area contributed by atoms with E-state index in [9.17, 15) is 0 Å². The number of hydrogen-bond acceptors (Lipinski definition) is 2. The van der Waals surface area contributed by atoms with Gasteiger partial charge in [-0.05, 0) is 57.3 Å². The molecule has 0 saturated heterocycles. The van der Waals surface area contributed by atoms with Crippen LogP contribution in [0.1, 0.15) is 59.8 Å². The van der Waals surface area contributed by atoms with Crippen molar-refractivity contribution in [1.29, 1.82) is 0 Å². The van der Waals surface area contributed by atoms with Gasteiger partial charge in [0.05, 0.1) is 0 Å². The highest BCUT2D eigenvalue weighted by Crippen LogP contribution is 2.31. The van der Waals surface area contributed by atoms with Gasteiger partial charge in [0.2, 0.25) is 0 Å². The molecule has 18 heavy (non-hydrogen) atoms. The molecule has 0 aromatic carbocycles. The summed E-state index contributed by atoms with van der Waals surface area (Å²) in [6.45, 7) is 14.0. The fraction of sp³-hybridized carbons (Fsp3) is 1.00. The van der Waals surface area contributed by atoms with Crippen molar-refractivity contribution in [3.63, 3.8) is 0 Å². The van der Waals surface area contributed by atoms with E-state index >= 15 is 0 Å². The molecule has 0 radical (unpaired) electrons. The van der Waals surface area contributed by atoms with Crippen molar-refractivity contribution >= 4 is 0 Å². The van der Waals surface area contributed by atoms with Crippen LogP contribution in [0, 0.1) is 11.8 Å². The van der Waals surface area contributed by atoms with E-state index in [1.165, 1.54) is 51.7 Å². The van der Waals surface area contributed by atoms with Crippen LogP contribution < -0.4 is 5.32 Å². The molecular formula is C16H34N2. The molecule has 0 bridgehead atoms. The molecule has 1 N–H and O–H groups in total. The van der Waals surface area contributed by atoms with E-state index in [0.717, 1.165) is 24.4 Å². The second-order valence-corrected chi connectivity index (χ2v) is 6.01. The van der Waals surface area contributed by atoms with Crippen molar-refractivity contribution in [2.24, 2.45) is 11.8 Å². The van der Waals surface area contributed by atoms with E-state index in [-0.39, 0.29) is 0 Å².